The number of hydrogen-bond acceptors (Lipinski definition) is 7. The molecule has 1 fully saturated rings. The molecule has 2 aliphatic rings. The van der Waals surface area contributed by atoms with Crippen LogP contribution in [0.3, 0.4) is 0 Å². The number of unbranched alkanes of at least 4 members (excludes halogenated alkanes) is 4. The Morgan fingerprint density at radius 2 is 1.27 bits per heavy atom. The van der Waals surface area contributed by atoms with Crippen LogP contribution in [0.2, 0.25) is 0 Å². The highest BCUT2D eigenvalue weighted by molar-refractivity contribution is 6.34. The van der Waals surface area contributed by atoms with Gasteiger partial charge in [-0.2, -0.15) is 0 Å². The van der Waals surface area contributed by atoms with E-state index in [1.165, 1.54) is 62.5 Å². The number of benzene rings is 5. The number of fused-ring (bicyclic) bond motifs is 2. The first kappa shape index (κ1) is 42.6. The topological polar surface area (TPSA) is 122 Å². The Morgan fingerprint density at radius 3 is 1.90 bits per heavy atom. The smallest absolute Gasteiger partial charge is 0.200 e. The second-order valence-electron chi connectivity index (χ2n) is 17.2. The molecule has 0 amide bonds. The summed E-state index contributed by atoms with van der Waals surface area (Å²) in [4.78, 5) is 29.6. The maximum Gasteiger partial charge on any atom is 0.200 e. The Balaban J connectivity index is 1.28. The van der Waals surface area contributed by atoms with Crippen molar-refractivity contribution in [2.24, 2.45) is 5.92 Å². The molecule has 0 saturated heterocycles. The number of nitrogens with two attached hydrogens (primary N) is 1. The van der Waals surface area contributed by atoms with Gasteiger partial charge in [0.25, 0.3) is 0 Å². The number of aryl methyl sites for hydroxylation is 3. The third-order valence-electron chi connectivity index (χ3n) is 12.9. The molecule has 0 spiro atoms. The molecule has 5 aromatic carbocycles. The van der Waals surface area contributed by atoms with E-state index in [4.69, 9.17) is 10.5 Å². The second kappa shape index (κ2) is 18.8. The molecule has 0 aliphatic heterocycles. The van der Waals surface area contributed by atoms with Crippen molar-refractivity contribution in [2.45, 2.75) is 124 Å². The average Bonchev–Trinajstić information content (AvgIpc) is 3.25. The molecule has 314 valence electrons. The third kappa shape index (κ3) is 8.68. The molecule has 0 atom stereocenters. The molecule has 0 aromatic heterocycles. The van der Waals surface area contributed by atoms with Gasteiger partial charge in [0, 0.05) is 22.5 Å². The summed E-state index contributed by atoms with van der Waals surface area (Å²) < 4.78 is 6.09. The van der Waals surface area contributed by atoms with E-state index in [0.717, 1.165) is 66.1 Å². The van der Waals surface area contributed by atoms with Crippen molar-refractivity contribution in [2.75, 3.05) is 17.7 Å². The molecule has 0 radical (unpaired) electrons. The summed E-state index contributed by atoms with van der Waals surface area (Å²) >= 11 is 0. The zero-order valence-corrected chi connectivity index (χ0v) is 36.2. The number of phenols is 2. The number of rotatable bonds is 16. The van der Waals surface area contributed by atoms with Crippen molar-refractivity contribution in [1.82, 2.24) is 0 Å². The normalized spacial score (nSPS) is 16.1. The van der Waals surface area contributed by atoms with Gasteiger partial charge < -0.3 is 26.0 Å². The highest BCUT2D eigenvalue weighted by atomic mass is 16.5. The maximum absolute atomic E-state index is 14.9. The zero-order valence-electron chi connectivity index (χ0n) is 36.2. The predicted molar refractivity (Wildman–Crippen MR) is 245 cm³/mol. The molecular weight excluding hydrogens is 745 g/mol. The molecule has 60 heavy (non-hydrogen) atoms. The maximum atomic E-state index is 14.9. The number of ketones is 2. The zero-order chi connectivity index (χ0) is 42.5. The Kier molecular flexibility index (Phi) is 13.3. The van der Waals surface area contributed by atoms with Gasteiger partial charge in [0.2, 0.25) is 11.6 Å². The number of carbonyl (C=O) groups is 2. The molecule has 0 heterocycles. The van der Waals surface area contributed by atoms with Crippen molar-refractivity contribution in [1.29, 1.82) is 0 Å². The van der Waals surface area contributed by atoms with Crippen LogP contribution in [0.1, 0.15) is 158 Å². The number of hydrogen-bond donors (Lipinski definition) is 4. The lowest BCUT2D eigenvalue weighted by atomic mass is 9.76. The van der Waals surface area contributed by atoms with Gasteiger partial charge >= 0.3 is 0 Å². The molecule has 7 rings (SSSR count). The SMILES string of the molecule is CCCCCC1CCC(c2ccc(-c3cc(Nc4ccc(CCCC)cc4)c4c(c3O)C(=O)c3c(N)cc(-c5cc(C)c(OCCCC)c(C)c5)c(O)c3C4=O)cc2)CC1. The third-order valence-corrected chi connectivity index (χ3v) is 12.9. The fourth-order valence-electron chi connectivity index (χ4n) is 9.42. The van der Waals surface area contributed by atoms with Crippen LogP contribution < -0.4 is 15.8 Å². The van der Waals surface area contributed by atoms with Crippen molar-refractivity contribution in [3.8, 4) is 39.5 Å². The molecule has 1 saturated carbocycles. The van der Waals surface area contributed by atoms with E-state index in [1.807, 2.05) is 50.2 Å². The van der Waals surface area contributed by atoms with E-state index in [9.17, 15) is 19.8 Å². The van der Waals surface area contributed by atoms with E-state index >= 15 is 0 Å². The summed E-state index contributed by atoms with van der Waals surface area (Å²) in [6, 6.07) is 23.5. The van der Waals surface area contributed by atoms with Crippen LogP contribution in [-0.2, 0) is 6.42 Å². The summed E-state index contributed by atoms with van der Waals surface area (Å²) in [5.41, 5.74) is 13.8. The lowest BCUT2D eigenvalue weighted by Crippen LogP contribution is -2.24. The van der Waals surface area contributed by atoms with E-state index in [0.29, 0.717) is 34.9 Å². The Hall–Kier alpha value is -5.56. The van der Waals surface area contributed by atoms with Crippen LogP contribution in [0.25, 0.3) is 22.3 Å². The monoisotopic (exact) mass is 806 g/mol. The minimum atomic E-state index is -0.615. The van der Waals surface area contributed by atoms with Crippen LogP contribution in [-0.4, -0.2) is 28.4 Å². The minimum Gasteiger partial charge on any atom is -0.506 e. The summed E-state index contributed by atoms with van der Waals surface area (Å²) in [5.74, 6) is 0.273. The number of aromatic hydroxyl groups is 2. The molecular formula is C53H62N2O5. The Morgan fingerprint density at radius 1 is 0.667 bits per heavy atom. The van der Waals surface area contributed by atoms with Crippen LogP contribution >= 0.6 is 0 Å². The molecule has 0 unspecified atom stereocenters. The predicted octanol–water partition coefficient (Wildman–Crippen LogP) is 13.5. The van der Waals surface area contributed by atoms with Gasteiger partial charge in [-0.25, -0.2) is 0 Å². The first-order valence-electron chi connectivity index (χ1n) is 22.4. The summed E-state index contributed by atoms with van der Waals surface area (Å²) in [5, 5.41) is 27.5. The van der Waals surface area contributed by atoms with E-state index in [1.54, 1.807) is 12.1 Å². The van der Waals surface area contributed by atoms with Crippen molar-refractivity contribution in [3.05, 3.63) is 117 Å². The van der Waals surface area contributed by atoms with E-state index in [2.05, 4.69) is 50.4 Å². The average molecular weight is 807 g/mol. The fourth-order valence-corrected chi connectivity index (χ4v) is 9.42. The fraction of sp³-hybridized carbons (Fsp3) is 0.396. The number of ether oxygens (including phenoxy) is 1. The summed E-state index contributed by atoms with van der Waals surface area (Å²) in [7, 11) is 0. The van der Waals surface area contributed by atoms with Gasteiger partial charge in [-0.15, -0.1) is 0 Å². The first-order valence-corrected chi connectivity index (χ1v) is 22.4. The number of anilines is 3. The van der Waals surface area contributed by atoms with Crippen LogP contribution in [0.5, 0.6) is 17.2 Å². The van der Waals surface area contributed by atoms with Crippen molar-refractivity contribution in [3.63, 3.8) is 0 Å². The molecule has 7 heteroatoms. The molecule has 5 N–H and O–H groups in total. The summed E-state index contributed by atoms with van der Waals surface area (Å²) in [6.45, 7) is 11.0. The van der Waals surface area contributed by atoms with E-state index in [-0.39, 0.29) is 39.4 Å². The van der Waals surface area contributed by atoms with E-state index < -0.39 is 11.6 Å². The first-order chi connectivity index (χ1) is 29.0. The van der Waals surface area contributed by atoms with Crippen molar-refractivity contribution < 1.29 is 24.5 Å². The van der Waals surface area contributed by atoms with Gasteiger partial charge in [0.05, 0.1) is 34.5 Å². The summed E-state index contributed by atoms with van der Waals surface area (Å²) in [6.07, 6.45) is 15.2. The lowest BCUT2D eigenvalue weighted by Gasteiger charge is -2.29. The Bertz CT molecular complexity index is 2330. The lowest BCUT2D eigenvalue weighted by molar-refractivity contribution is 0.0975. The largest absolute Gasteiger partial charge is 0.506 e. The van der Waals surface area contributed by atoms with Crippen LogP contribution in [0.4, 0.5) is 17.1 Å². The van der Waals surface area contributed by atoms with Gasteiger partial charge in [-0.3, -0.25) is 9.59 Å². The van der Waals surface area contributed by atoms with Crippen LogP contribution in [0.15, 0.2) is 72.8 Å². The minimum absolute atomic E-state index is 0.00462. The number of phenolic OH excluding ortho intramolecular Hbond substituents is 2. The quantitative estimate of drug-likeness (QED) is 0.0436. The number of nitrogens with one attached hydrogen (secondary N) is 1. The molecule has 2 aliphatic carbocycles. The van der Waals surface area contributed by atoms with Gasteiger partial charge in [0.15, 0.2) is 0 Å². The molecule has 0 bridgehead atoms. The van der Waals surface area contributed by atoms with Crippen LogP contribution in [0, 0.1) is 19.8 Å². The highest BCUT2D eigenvalue weighted by Gasteiger charge is 2.40. The molecule has 5 aromatic rings. The van der Waals surface area contributed by atoms with Crippen molar-refractivity contribution >= 4 is 28.6 Å². The number of nitrogen functional groups attached to an aromatic ring is 1. The second-order valence-corrected chi connectivity index (χ2v) is 17.2. The number of carbonyl (C=O) groups excluding carboxylic acids is 2. The van der Waals surface area contributed by atoms with Gasteiger partial charge in [0.1, 0.15) is 17.2 Å². The highest BCUT2D eigenvalue weighted by Crippen LogP contribution is 2.49. The Labute approximate surface area is 356 Å². The van der Waals surface area contributed by atoms with Gasteiger partial charge in [-0.05, 0) is 140 Å². The van der Waals surface area contributed by atoms with Gasteiger partial charge in [-0.1, -0.05) is 95.7 Å². The standard InChI is InChI=1S/C53H62N2O5/c1-6-9-12-14-35-15-19-36(20-16-35)37-21-23-38(24-22-37)42-31-44(55-40-25-17-34(18-26-40)13-10-7-2)46-48(50(42)57)51(58)45-43(54)30-41(49(56)47(45)52(46)59)39-28-32(4)53(33(5)29-39)60-27-11-8-3/h17-18,21-26,28-31,35-36,55-57H,6-16,19-20,27,54H2,1-5H3. The molecule has 7 nitrogen and oxygen atoms in total.